The number of nitrogens with zero attached hydrogens (tertiary/aromatic N) is 3. The highest BCUT2D eigenvalue weighted by molar-refractivity contribution is 7.19. The first-order valence-electron chi connectivity index (χ1n) is 8.20. The van der Waals surface area contributed by atoms with Gasteiger partial charge in [0.15, 0.2) is 5.82 Å². The van der Waals surface area contributed by atoms with Gasteiger partial charge in [-0.25, -0.2) is 9.97 Å². The lowest BCUT2D eigenvalue weighted by molar-refractivity contribution is 0.190. The minimum atomic E-state index is 0.645. The van der Waals surface area contributed by atoms with E-state index < -0.39 is 0 Å². The number of aromatic nitrogens is 2. The van der Waals surface area contributed by atoms with Gasteiger partial charge in [-0.05, 0) is 30.9 Å². The zero-order valence-electron chi connectivity index (χ0n) is 15.0. The Labute approximate surface area is 156 Å². The molecule has 25 heavy (non-hydrogen) atoms. The average molecular weight is 378 g/mol. The topological polar surface area (TPSA) is 47.5 Å². The number of rotatable bonds is 8. The first-order chi connectivity index (χ1) is 12.2. The summed E-state index contributed by atoms with van der Waals surface area (Å²) < 4.78 is 10.6. The summed E-state index contributed by atoms with van der Waals surface area (Å²) in [6, 6.07) is 4.10. The van der Waals surface area contributed by atoms with E-state index in [9.17, 15) is 0 Å². The lowest BCUT2D eigenvalue weighted by Crippen LogP contribution is -2.31. The molecule has 0 N–H and O–H groups in total. The van der Waals surface area contributed by atoms with E-state index >= 15 is 0 Å². The van der Waals surface area contributed by atoms with Crippen molar-refractivity contribution >= 4 is 38.7 Å². The van der Waals surface area contributed by atoms with Gasteiger partial charge in [-0.1, -0.05) is 6.07 Å². The summed E-state index contributed by atoms with van der Waals surface area (Å²) in [5.74, 6) is 1.77. The maximum absolute atomic E-state index is 5.30. The van der Waals surface area contributed by atoms with Crippen LogP contribution in [-0.2, 0) is 9.47 Å². The first kappa shape index (κ1) is 18.3. The Morgan fingerprint density at radius 2 is 1.80 bits per heavy atom. The Morgan fingerprint density at radius 3 is 2.40 bits per heavy atom. The molecule has 3 aromatic rings. The molecule has 3 rings (SSSR count). The predicted molar refractivity (Wildman–Crippen MR) is 106 cm³/mol. The third-order valence-electron chi connectivity index (χ3n) is 4.18. The molecule has 0 amide bonds. The van der Waals surface area contributed by atoms with Crippen LogP contribution in [0.15, 0.2) is 17.5 Å². The van der Waals surface area contributed by atoms with Crippen LogP contribution in [0.5, 0.6) is 0 Å². The number of methoxy groups -OCH3 is 2. The van der Waals surface area contributed by atoms with Gasteiger partial charge in [0, 0.05) is 32.2 Å². The van der Waals surface area contributed by atoms with E-state index in [-0.39, 0.29) is 0 Å². The molecule has 0 saturated heterocycles. The number of ether oxygens (including phenoxy) is 2. The molecule has 0 aliphatic rings. The summed E-state index contributed by atoms with van der Waals surface area (Å²) in [6.45, 7) is 7.12. The predicted octanol–water partition coefficient (Wildman–Crippen LogP) is 4.14. The van der Waals surface area contributed by atoms with Gasteiger partial charge in [-0.3, -0.25) is 0 Å². The fourth-order valence-corrected chi connectivity index (χ4v) is 4.38. The molecular weight excluding hydrogens is 354 g/mol. The lowest BCUT2D eigenvalue weighted by atomic mass is 10.2. The van der Waals surface area contributed by atoms with E-state index in [2.05, 4.69) is 30.2 Å². The molecule has 0 radical (unpaired) electrons. The average Bonchev–Trinajstić information content (AvgIpc) is 3.24. The van der Waals surface area contributed by atoms with Crippen molar-refractivity contribution in [2.75, 3.05) is 45.4 Å². The van der Waals surface area contributed by atoms with Gasteiger partial charge < -0.3 is 14.4 Å². The van der Waals surface area contributed by atoms with Crippen LogP contribution in [0.1, 0.15) is 10.4 Å². The second-order valence-corrected chi connectivity index (χ2v) is 7.94. The van der Waals surface area contributed by atoms with E-state index in [1.165, 1.54) is 10.4 Å². The summed E-state index contributed by atoms with van der Waals surface area (Å²) in [6.07, 6.45) is 0. The monoisotopic (exact) mass is 377 g/mol. The number of hydrogen-bond acceptors (Lipinski definition) is 7. The highest BCUT2D eigenvalue weighted by Gasteiger charge is 2.20. The molecule has 7 heteroatoms. The number of fused-ring (bicyclic) bond motifs is 1. The molecule has 0 bridgehead atoms. The van der Waals surface area contributed by atoms with Crippen LogP contribution in [-0.4, -0.2) is 50.5 Å². The summed E-state index contributed by atoms with van der Waals surface area (Å²) in [5, 5.41) is 3.20. The van der Waals surface area contributed by atoms with Crippen molar-refractivity contribution in [2.24, 2.45) is 0 Å². The van der Waals surface area contributed by atoms with Crippen LogP contribution in [0.25, 0.3) is 20.9 Å². The lowest BCUT2D eigenvalue weighted by Gasteiger charge is -2.24. The van der Waals surface area contributed by atoms with Gasteiger partial charge in [0.1, 0.15) is 10.6 Å². The molecule has 0 aliphatic carbocycles. The van der Waals surface area contributed by atoms with Gasteiger partial charge in [0.25, 0.3) is 0 Å². The van der Waals surface area contributed by atoms with Crippen LogP contribution in [0.3, 0.4) is 0 Å². The van der Waals surface area contributed by atoms with Gasteiger partial charge >= 0.3 is 0 Å². The Bertz CT molecular complexity index is 823. The second-order valence-electron chi connectivity index (χ2n) is 5.78. The SMILES string of the molecule is COCCN(CCOC)c1nc(-c2cccs2)nc2sc(C)c(C)c12. The Kier molecular flexibility index (Phi) is 6.01. The second kappa shape index (κ2) is 8.23. The minimum Gasteiger partial charge on any atom is -0.383 e. The molecule has 0 spiro atoms. The minimum absolute atomic E-state index is 0.645. The maximum Gasteiger partial charge on any atom is 0.173 e. The highest BCUT2D eigenvalue weighted by Crippen LogP contribution is 2.37. The molecule has 0 aromatic carbocycles. The van der Waals surface area contributed by atoms with E-state index in [1.54, 1.807) is 36.9 Å². The molecule has 0 aliphatic heterocycles. The van der Waals surface area contributed by atoms with Crippen molar-refractivity contribution in [1.29, 1.82) is 0 Å². The van der Waals surface area contributed by atoms with Crippen LogP contribution in [0.4, 0.5) is 5.82 Å². The van der Waals surface area contributed by atoms with Crippen LogP contribution in [0, 0.1) is 13.8 Å². The fraction of sp³-hybridized carbons (Fsp3) is 0.444. The summed E-state index contributed by atoms with van der Waals surface area (Å²) >= 11 is 3.40. The quantitative estimate of drug-likeness (QED) is 0.590. The Balaban J connectivity index is 2.14. The van der Waals surface area contributed by atoms with Crippen molar-refractivity contribution in [2.45, 2.75) is 13.8 Å². The zero-order chi connectivity index (χ0) is 17.8. The molecule has 3 heterocycles. The normalized spacial score (nSPS) is 11.4. The van der Waals surface area contributed by atoms with Crippen LogP contribution < -0.4 is 4.90 Å². The fourth-order valence-electron chi connectivity index (χ4n) is 2.70. The Morgan fingerprint density at radius 1 is 1.08 bits per heavy atom. The van der Waals surface area contributed by atoms with Gasteiger partial charge in [-0.2, -0.15) is 0 Å². The highest BCUT2D eigenvalue weighted by atomic mass is 32.1. The van der Waals surface area contributed by atoms with Crippen molar-refractivity contribution in [3.05, 3.63) is 28.0 Å². The molecule has 0 saturated carbocycles. The third kappa shape index (κ3) is 3.84. The van der Waals surface area contributed by atoms with Gasteiger partial charge in [0.2, 0.25) is 0 Å². The Hall–Kier alpha value is -1.54. The number of thiophene rings is 2. The first-order valence-corrected chi connectivity index (χ1v) is 9.89. The smallest absolute Gasteiger partial charge is 0.173 e. The summed E-state index contributed by atoms with van der Waals surface area (Å²) in [4.78, 5) is 15.4. The zero-order valence-corrected chi connectivity index (χ0v) is 16.7. The molecule has 5 nitrogen and oxygen atoms in total. The standard InChI is InChI=1S/C18H23N3O2S2/c1-12-13(2)25-18-15(12)17(21(7-9-22-3)8-10-23-4)19-16(20-18)14-6-5-11-24-14/h5-6,11H,7-10H2,1-4H3. The van der Waals surface area contributed by atoms with Gasteiger partial charge in [-0.15, -0.1) is 22.7 Å². The summed E-state index contributed by atoms with van der Waals surface area (Å²) in [7, 11) is 3.45. The van der Waals surface area contributed by atoms with Crippen molar-refractivity contribution in [3.63, 3.8) is 0 Å². The molecule has 0 atom stereocenters. The molecular formula is C18H23N3O2S2. The third-order valence-corrected chi connectivity index (χ3v) is 6.15. The summed E-state index contributed by atoms with van der Waals surface area (Å²) in [5.41, 5.74) is 1.26. The van der Waals surface area contributed by atoms with Gasteiger partial charge in [0.05, 0.1) is 23.5 Å². The van der Waals surface area contributed by atoms with Crippen molar-refractivity contribution in [1.82, 2.24) is 9.97 Å². The molecule has 0 unspecified atom stereocenters. The van der Waals surface area contributed by atoms with E-state index in [1.807, 2.05) is 6.07 Å². The van der Waals surface area contributed by atoms with E-state index in [0.717, 1.165) is 39.8 Å². The van der Waals surface area contributed by atoms with Crippen LogP contribution in [0.2, 0.25) is 0 Å². The number of hydrogen-bond donors (Lipinski definition) is 0. The van der Waals surface area contributed by atoms with E-state index in [0.29, 0.717) is 13.2 Å². The maximum atomic E-state index is 5.30. The van der Waals surface area contributed by atoms with Crippen LogP contribution >= 0.6 is 22.7 Å². The van der Waals surface area contributed by atoms with E-state index in [4.69, 9.17) is 19.4 Å². The van der Waals surface area contributed by atoms with Crippen molar-refractivity contribution < 1.29 is 9.47 Å². The number of anilines is 1. The molecule has 3 aromatic heterocycles. The molecule has 0 fully saturated rings. The van der Waals surface area contributed by atoms with Crippen molar-refractivity contribution in [3.8, 4) is 10.7 Å². The largest absolute Gasteiger partial charge is 0.383 e. The molecule has 134 valence electrons. The number of aryl methyl sites for hydroxylation is 2.